The molecule has 1 aromatic carbocycles. The summed E-state index contributed by atoms with van der Waals surface area (Å²) < 4.78 is 13.0. The maximum Gasteiger partial charge on any atom is 0.335 e. The summed E-state index contributed by atoms with van der Waals surface area (Å²) in [5, 5.41) is 14.4. The average molecular weight is 280 g/mol. The van der Waals surface area contributed by atoms with Gasteiger partial charge in [0, 0.05) is 13.0 Å². The van der Waals surface area contributed by atoms with Gasteiger partial charge in [0.05, 0.1) is 17.6 Å². The molecule has 1 amide bonds. The van der Waals surface area contributed by atoms with Crippen LogP contribution in [0.2, 0.25) is 0 Å². The summed E-state index contributed by atoms with van der Waals surface area (Å²) >= 11 is 0. The van der Waals surface area contributed by atoms with Crippen LogP contribution in [0.15, 0.2) is 24.3 Å². The predicted molar refractivity (Wildman–Crippen MR) is 71.3 cm³/mol. The first-order valence-electron chi connectivity index (χ1n) is 6.48. The third-order valence-electron chi connectivity index (χ3n) is 3.41. The fraction of sp³-hybridized carbons (Fsp3) is 0.429. The lowest BCUT2D eigenvalue weighted by molar-refractivity contribution is -0.123. The van der Waals surface area contributed by atoms with Gasteiger partial charge in [0.25, 0.3) is 0 Å². The zero-order valence-electron chi connectivity index (χ0n) is 11.1. The fourth-order valence-electron chi connectivity index (χ4n) is 2.20. The van der Waals surface area contributed by atoms with E-state index in [0.717, 1.165) is 5.56 Å². The number of rotatable bonds is 4. The first kappa shape index (κ1) is 14.5. The molecule has 3 N–H and O–H groups in total. The zero-order valence-corrected chi connectivity index (χ0v) is 11.1. The molecule has 0 aromatic heterocycles. The van der Waals surface area contributed by atoms with Gasteiger partial charge in [0.15, 0.2) is 0 Å². The largest absolute Gasteiger partial charge is 0.478 e. The van der Waals surface area contributed by atoms with E-state index < -0.39 is 18.2 Å². The summed E-state index contributed by atoms with van der Waals surface area (Å²) in [6.07, 6.45) is -0.785. The van der Waals surface area contributed by atoms with Crippen LogP contribution >= 0.6 is 0 Å². The lowest BCUT2D eigenvalue weighted by Crippen LogP contribution is -2.41. The van der Waals surface area contributed by atoms with Crippen molar-refractivity contribution < 1.29 is 19.1 Å². The van der Waals surface area contributed by atoms with E-state index in [-0.39, 0.29) is 30.5 Å². The highest BCUT2D eigenvalue weighted by molar-refractivity contribution is 5.87. The van der Waals surface area contributed by atoms with Crippen molar-refractivity contribution in [3.63, 3.8) is 0 Å². The quantitative estimate of drug-likeness (QED) is 0.776. The van der Waals surface area contributed by atoms with Gasteiger partial charge >= 0.3 is 5.97 Å². The second-order valence-corrected chi connectivity index (χ2v) is 4.95. The van der Waals surface area contributed by atoms with Gasteiger partial charge < -0.3 is 15.7 Å². The summed E-state index contributed by atoms with van der Waals surface area (Å²) in [5.74, 6) is -1.22. The first-order chi connectivity index (χ1) is 9.47. The normalized spacial score (nSPS) is 23.3. The number of alkyl halides is 1. The zero-order chi connectivity index (χ0) is 14.7. The number of halogens is 1. The second-order valence-electron chi connectivity index (χ2n) is 4.95. The molecule has 1 aliphatic rings. The SMILES string of the molecule is CC(NC(=O)C1CC(F)CN1)c1ccc(C(=O)O)cc1. The predicted octanol–water partition coefficient (Wildman–Crippen LogP) is 1.26. The van der Waals surface area contributed by atoms with Crippen molar-refractivity contribution in [2.45, 2.75) is 31.6 Å². The molecular weight excluding hydrogens is 263 g/mol. The summed E-state index contributed by atoms with van der Waals surface area (Å²) in [4.78, 5) is 22.7. The van der Waals surface area contributed by atoms with Gasteiger partial charge in [-0.05, 0) is 24.6 Å². The van der Waals surface area contributed by atoms with E-state index in [4.69, 9.17) is 5.11 Å². The smallest absolute Gasteiger partial charge is 0.335 e. The maximum atomic E-state index is 13.0. The highest BCUT2D eigenvalue weighted by atomic mass is 19.1. The minimum absolute atomic E-state index is 0.191. The number of carbonyl (C=O) groups excluding carboxylic acids is 1. The summed E-state index contributed by atoms with van der Waals surface area (Å²) in [5.41, 5.74) is 1.00. The Hall–Kier alpha value is -1.95. The van der Waals surface area contributed by atoms with Gasteiger partial charge in [-0.15, -0.1) is 0 Å². The molecule has 0 saturated carbocycles. The van der Waals surface area contributed by atoms with Crippen LogP contribution in [0.3, 0.4) is 0 Å². The molecular formula is C14H17FN2O3. The summed E-state index contributed by atoms with van der Waals surface area (Å²) in [6.45, 7) is 2.01. The molecule has 20 heavy (non-hydrogen) atoms. The second kappa shape index (κ2) is 6.00. The fourth-order valence-corrected chi connectivity index (χ4v) is 2.20. The molecule has 0 spiro atoms. The van der Waals surface area contributed by atoms with Crippen LogP contribution in [0.5, 0.6) is 0 Å². The van der Waals surface area contributed by atoms with E-state index in [1.165, 1.54) is 12.1 Å². The van der Waals surface area contributed by atoms with E-state index >= 15 is 0 Å². The summed E-state index contributed by atoms with van der Waals surface area (Å²) in [7, 11) is 0. The number of hydrogen-bond acceptors (Lipinski definition) is 3. The molecule has 3 unspecified atom stereocenters. The molecule has 1 aliphatic heterocycles. The maximum absolute atomic E-state index is 13.0. The Bertz CT molecular complexity index is 504. The lowest BCUT2D eigenvalue weighted by Gasteiger charge is -2.17. The van der Waals surface area contributed by atoms with Crippen molar-refractivity contribution in [3.8, 4) is 0 Å². The van der Waals surface area contributed by atoms with Crippen LogP contribution in [0, 0.1) is 0 Å². The van der Waals surface area contributed by atoms with Gasteiger partial charge in [-0.2, -0.15) is 0 Å². The van der Waals surface area contributed by atoms with Gasteiger partial charge in [-0.25, -0.2) is 9.18 Å². The van der Waals surface area contributed by atoms with Crippen LogP contribution in [0.1, 0.15) is 35.3 Å². The van der Waals surface area contributed by atoms with Crippen molar-refractivity contribution in [3.05, 3.63) is 35.4 Å². The lowest BCUT2D eigenvalue weighted by atomic mass is 10.1. The Balaban J connectivity index is 1.95. The van der Waals surface area contributed by atoms with Gasteiger partial charge in [-0.3, -0.25) is 4.79 Å². The van der Waals surface area contributed by atoms with E-state index in [0.29, 0.717) is 0 Å². The molecule has 1 fully saturated rings. The van der Waals surface area contributed by atoms with Crippen molar-refractivity contribution in [1.29, 1.82) is 0 Å². The van der Waals surface area contributed by atoms with Crippen LogP contribution in [-0.2, 0) is 4.79 Å². The first-order valence-corrected chi connectivity index (χ1v) is 6.48. The van der Waals surface area contributed by atoms with E-state index in [9.17, 15) is 14.0 Å². The molecule has 6 heteroatoms. The number of carboxylic acid groups (broad SMARTS) is 1. The molecule has 2 rings (SSSR count). The van der Waals surface area contributed by atoms with Crippen LogP contribution < -0.4 is 10.6 Å². The van der Waals surface area contributed by atoms with Crippen molar-refractivity contribution in [2.24, 2.45) is 0 Å². The monoisotopic (exact) mass is 280 g/mol. The van der Waals surface area contributed by atoms with Crippen molar-refractivity contribution in [2.75, 3.05) is 6.54 Å². The van der Waals surface area contributed by atoms with Crippen LogP contribution in [-0.4, -0.2) is 35.7 Å². The van der Waals surface area contributed by atoms with Crippen LogP contribution in [0.25, 0.3) is 0 Å². The Morgan fingerprint density at radius 3 is 2.55 bits per heavy atom. The molecule has 108 valence electrons. The van der Waals surface area contributed by atoms with Gasteiger partial charge in [0.1, 0.15) is 6.17 Å². The topological polar surface area (TPSA) is 78.4 Å². The standard InChI is InChI=1S/C14H17FN2O3/c1-8(9-2-4-10(5-3-9)14(19)20)17-13(18)12-6-11(15)7-16-12/h2-5,8,11-12,16H,6-7H2,1H3,(H,17,18)(H,19,20). The van der Waals surface area contributed by atoms with E-state index in [1.54, 1.807) is 19.1 Å². The van der Waals surface area contributed by atoms with Gasteiger partial charge in [-0.1, -0.05) is 12.1 Å². The molecule has 0 radical (unpaired) electrons. The molecule has 5 nitrogen and oxygen atoms in total. The highest BCUT2D eigenvalue weighted by Gasteiger charge is 2.29. The molecule has 1 heterocycles. The number of nitrogens with one attached hydrogen (secondary N) is 2. The molecule has 0 bridgehead atoms. The molecule has 0 aliphatic carbocycles. The number of carbonyl (C=O) groups is 2. The summed E-state index contributed by atoms with van der Waals surface area (Å²) in [6, 6.07) is 5.55. The third-order valence-corrected chi connectivity index (χ3v) is 3.41. The Kier molecular flexibility index (Phi) is 4.34. The minimum atomic E-state index is -0.989. The average Bonchev–Trinajstić information content (AvgIpc) is 2.85. The molecule has 3 atom stereocenters. The highest BCUT2D eigenvalue weighted by Crippen LogP contribution is 2.15. The Morgan fingerprint density at radius 2 is 2.05 bits per heavy atom. The van der Waals surface area contributed by atoms with E-state index in [1.807, 2.05) is 0 Å². The number of amides is 1. The van der Waals surface area contributed by atoms with Crippen molar-refractivity contribution >= 4 is 11.9 Å². The number of aromatic carboxylic acids is 1. The molecule has 1 saturated heterocycles. The third kappa shape index (κ3) is 3.33. The Morgan fingerprint density at radius 1 is 1.40 bits per heavy atom. The minimum Gasteiger partial charge on any atom is -0.478 e. The number of carboxylic acids is 1. The van der Waals surface area contributed by atoms with Crippen molar-refractivity contribution in [1.82, 2.24) is 10.6 Å². The van der Waals surface area contributed by atoms with Crippen LogP contribution in [0.4, 0.5) is 4.39 Å². The number of benzene rings is 1. The van der Waals surface area contributed by atoms with Gasteiger partial charge in [0.2, 0.25) is 5.91 Å². The van der Waals surface area contributed by atoms with E-state index in [2.05, 4.69) is 10.6 Å². The molecule has 1 aromatic rings. The number of hydrogen-bond donors (Lipinski definition) is 3. The Labute approximate surface area is 116 Å².